The molecule has 1 aliphatic rings. The van der Waals surface area contributed by atoms with Crippen LogP contribution in [0.1, 0.15) is 29.7 Å². The first kappa shape index (κ1) is 23.0. The van der Waals surface area contributed by atoms with Gasteiger partial charge >= 0.3 is 12.1 Å². The highest BCUT2D eigenvalue weighted by Gasteiger charge is 2.31. The summed E-state index contributed by atoms with van der Waals surface area (Å²) in [5.41, 5.74) is 3.61. The van der Waals surface area contributed by atoms with E-state index in [1.54, 1.807) is 32.1 Å². The number of anilines is 4. The molecule has 8 nitrogen and oxygen atoms in total. The molecule has 0 fully saturated rings. The Morgan fingerprint density at radius 2 is 1.88 bits per heavy atom. The van der Waals surface area contributed by atoms with Crippen LogP contribution in [0.5, 0.6) is 0 Å². The van der Waals surface area contributed by atoms with E-state index >= 15 is 0 Å². The molecule has 176 valence electrons. The second kappa shape index (κ2) is 9.38. The van der Waals surface area contributed by atoms with Gasteiger partial charge in [-0.2, -0.15) is 0 Å². The maximum atomic E-state index is 14.7. The smallest absolute Gasteiger partial charge is 0.329 e. The molecule has 4 rings (SSSR count). The summed E-state index contributed by atoms with van der Waals surface area (Å²) in [6, 6.07) is 13.0. The van der Waals surface area contributed by atoms with Crippen LogP contribution in [-0.4, -0.2) is 31.1 Å². The molecule has 0 bridgehead atoms. The minimum absolute atomic E-state index is 0.0109. The van der Waals surface area contributed by atoms with Gasteiger partial charge in [-0.1, -0.05) is 30.3 Å². The highest BCUT2D eigenvalue weighted by Crippen LogP contribution is 2.35. The van der Waals surface area contributed by atoms with Crippen LogP contribution < -0.4 is 25.8 Å². The molecule has 9 heteroatoms. The van der Waals surface area contributed by atoms with Gasteiger partial charge < -0.3 is 16.0 Å². The van der Waals surface area contributed by atoms with E-state index in [4.69, 9.17) is 0 Å². The van der Waals surface area contributed by atoms with E-state index < -0.39 is 11.8 Å². The van der Waals surface area contributed by atoms with Gasteiger partial charge in [-0.25, -0.2) is 19.0 Å². The fourth-order valence-corrected chi connectivity index (χ4v) is 3.98. The van der Waals surface area contributed by atoms with E-state index in [1.807, 2.05) is 43.3 Å². The number of nitrogens with one attached hydrogen (secondary N) is 3. The summed E-state index contributed by atoms with van der Waals surface area (Å²) in [6.07, 6.45) is 1.72. The van der Waals surface area contributed by atoms with Gasteiger partial charge in [0.15, 0.2) is 0 Å². The number of halogens is 1. The zero-order valence-corrected chi connectivity index (χ0v) is 19.5. The summed E-state index contributed by atoms with van der Waals surface area (Å²) in [4.78, 5) is 33.2. The first-order valence-corrected chi connectivity index (χ1v) is 10.9. The largest absolute Gasteiger partial charge is 0.373 e. The standard InChI is InChI=1S/C25H27FN6O2/c1-15-10-19(26)20(30-24(33)29-16(2)17-8-6-5-7-9-17)11-21(15)32-14-18-13-28-23(27-3)12-22(18)31(4)25(32)34/h5-13,16H,14H2,1-4H3,(H,27,28)(H2,29,30,33)/t16-/m1/s1. The number of nitrogens with zero attached hydrogens (tertiary/aromatic N) is 3. The van der Waals surface area contributed by atoms with Crippen molar-refractivity contribution >= 4 is 34.9 Å². The SMILES string of the molecule is CNc1cc2c(cn1)CN(c1cc(NC(=O)N[C@H](C)c3ccccc3)c(F)cc1C)C(=O)N2C. The van der Waals surface area contributed by atoms with Gasteiger partial charge in [0.1, 0.15) is 11.6 Å². The number of aryl methyl sites for hydroxylation is 1. The summed E-state index contributed by atoms with van der Waals surface area (Å²) in [7, 11) is 3.45. The molecule has 2 aromatic carbocycles. The number of benzene rings is 2. The van der Waals surface area contributed by atoms with Gasteiger partial charge in [-0.05, 0) is 37.1 Å². The maximum absolute atomic E-state index is 14.7. The fraction of sp³-hybridized carbons (Fsp3) is 0.240. The molecular formula is C25H27FN6O2. The molecule has 1 atom stereocenters. The molecule has 1 aliphatic heterocycles. The van der Waals surface area contributed by atoms with Gasteiger partial charge in [-0.3, -0.25) is 9.80 Å². The number of carbonyl (C=O) groups excluding carboxylic acids is 2. The van der Waals surface area contributed by atoms with Crippen LogP contribution in [0.15, 0.2) is 54.7 Å². The lowest BCUT2D eigenvalue weighted by molar-refractivity contribution is 0.249. The number of urea groups is 2. The molecule has 2 heterocycles. The van der Waals surface area contributed by atoms with Gasteiger partial charge in [0.25, 0.3) is 0 Å². The Bertz CT molecular complexity index is 1230. The van der Waals surface area contributed by atoms with Crippen molar-refractivity contribution in [3.8, 4) is 0 Å². The molecule has 1 aromatic heterocycles. The molecule has 0 radical (unpaired) electrons. The van der Waals surface area contributed by atoms with Crippen molar-refractivity contribution in [1.29, 1.82) is 0 Å². The maximum Gasteiger partial charge on any atom is 0.329 e. The molecule has 0 spiro atoms. The Labute approximate surface area is 197 Å². The van der Waals surface area contributed by atoms with E-state index in [9.17, 15) is 14.0 Å². The normalized spacial score (nSPS) is 13.9. The fourth-order valence-electron chi connectivity index (χ4n) is 3.98. The van der Waals surface area contributed by atoms with Crippen LogP contribution in [0.3, 0.4) is 0 Å². The van der Waals surface area contributed by atoms with Crippen LogP contribution >= 0.6 is 0 Å². The first-order chi connectivity index (χ1) is 16.3. The average molecular weight is 463 g/mol. The molecule has 34 heavy (non-hydrogen) atoms. The van der Waals surface area contributed by atoms with Crippen molar-refractivity contribution in [1.82, 2.24) is 10.3 Å². The van der Waals surface area contributed by atoms with Crippen LogP contribution in [0.25, 0.3) is 0 Å². The zero-order chi connectivity index (χ0) is 24.4. The topological polar surface area (TPSA) is 89.6 Å². The Balaban J connectivity index is 1.58. The number of carbonyl (C=O) groups is 2. The third kappa shape index (κ3) is 4.50. The molecule has 0 saturated heterocycles. The highest BCUT2D eigenvalue weighted by molar-refractivity contribution is 6.06. The Hall–Kier alpha value is -4.14. The third-order valence-electron chi connectivity index (χ3n) is 5.90. The predicted molar refractivity (Wildman–Crippen MR) is 132 cm³/mol. The van der Waals surface area contributed by atoms with Crippen molar-refractivity contribution in [2.75, 3.05) is 34.5 Å². The van der Waals surface area contributed by atoms with Gasteiger partial charge in [0, 0.05) is 31.9 Å². The summed E-state index contributed by atoms with van der Waals surface area (Å²) in [6.45, 7) is 3.85. The molecular weight excluding hydrogens is 435 g/mol. The van der Waals surface area contributed by atoms with Crippen molar-refractivity contribution in [2.45, 2.75) is 26.4 Å². The van der Waals surface area contributed by atoms with Crippen molar-refractivity contribution in [2.24, 2.45) is 0 Å². The number of pyridine rings is 1. The monoisotopic (exact) mass is 462 g/mol. The van der Waals surface area contributed by atoms with Crippen LogP contribution in [-0.2, 0) is 6.54 Å². The van der Waals surface area contributed by atoms with Crippen LogP contribution in [0.2, 0.25) is 0 Å². The van der Waals surface area contributed by atoms with Gasteiger partial charge in [-0.15, -0.1) is 0 Å². The first-order valence-electron chi connectivity index (χ1n) is 10.9. The van der Waals surface area contributed by atoms with Gasteiger partial charge in [0.05, 0.1) is 29.6 Å². The van der Waals surface area contributed by atoms with E-state index in [0.29, 0.717) is 17.1 Å². The lowest BCUT2D eigenvalue weighted by Gasteiger charge is -2.36. The zero-order valence-electron chi connectivity index (χ0n) is 19.5. The summed E-state index contributed by atoms with van der Waals surface area (Å²) in [5, 5.41) is 8.36. The van der Waals surface area contributed by atoms with Crippen molar-refractivity contribution in [3.63, 3.8) is 0 Å². The number of hydrogen-bond donors (Lipinski definition) is 3. The van der Waals surface area contributed by atoms with Crippen LogP contribution in [0, 0.1) is 12.7 Å². The van der Waals surface area contributed by atoms with E-state index in [1.165, 1.54) is 17.0 Å². The summed E-state index contributed by atoms with van der Waals surface area (Å²) < 4.78 is 14.7. The number of rotatable bonds is 5. The lowest BCUT2D eigenvalue weighted by Crippen LogP contribution is -2.45. The third-order valence-corrected chi connectivity index (χ3v) is 5.90. The lowest BCUT2D eigenvalue weighted by atomic mass is 10.1. The Kier molecular flexibility index (Phi) is 6.36. The van der Waals surface area contributed by atoms with E-state index in [0.717, 1.165) is 16.8 Å². The Morgan fingerprint density at radius 3 is 2.59 bits per heavy atom. The number of hydrogen-bond acceptors (Lipinski definition) is 4. The number of fused-ring (bicyclic) bond motifs is 1. The summed E-state index contributed by atoms with van der Waals surface area (Å²) in [5.74, 6) is 0.0781. The molecule has 0 unspecified atom stereocenters. The molecule has 0 aliphatic carbocycles. The van der Waals surface area contributed by atoms with Crippen LogP contribution in [0.4, 0.5) is 36.9 Å². The van der Waals surface area contributed by atoms with E-state index in [-0.39, 0.29) is 24.3 Å². The number of aromatic nitrogens is 1. The summed E-state index contributed by atoms with van der Waals surface area (Å²) >= 11 is 0. The van der Waals surface area contributed by atoms with Crippen molar-refractivity contribution < 1.29 is 14.0 Å². The molecule has 4 amide bonds. The molecule has 3 aromatic rings. The van der Waals surface area contributed by atoms with Gasteiger partial charge in [0.2, 0.25) is 0 Å². The average Bonchev–Trinajstić information content (AvgIpc) is 2.83. The van der Waals surface area contributed by atoms with Crippen molar-refractivity contribution in [3.05, 3.63) is 77.2 Å². The number of amides is 4. The minimum atomic E-state index is -0.581. The minimum Gasteiger partial charge on any atom is -0.373 e. The second-order valence-corrected chi connectivity index (χ2v) is 8.23. The quantitative estimate of drug-likeness (QED) is 0.496. The second-order valence-electron chi connectivity index (χ2n) is 8.23. The predicted octanol–water partition coefficient (Wildman–Crippen LogP) is 5.03. The Morgan fingerprint density at radius 1 is 1.15 bits per heavy atom. The van der Waals surface area contributed by atoms with E-state index in [2.05, 4.69) is 20.9 Å². The molecule has 0 saturated carbocycles. The molecule has 3 N–H and O–H groups in total. The highest BCUT2D eigenvalue weighted by atomic mass is 19.1.